The van der Waals surface area contributed by atoms with Crippen LogP contribution in [-0.2, 0) is 9.59 Å². The van der Waals surface area contributed by atoms with Gasteiger partial charge in [-0.15, -0.1) is 0 Å². The van der Waals surface area contributed by atoms with Crippen LogP contribution in [0.4, 0.5) is 5.69 Å². The van der Waals surface area contributed by atoms with E-state index in [1.54, 1.807) is 4.90 Å². The number of carboxylic acids is 1. The van der Waals surface area contributed by atoms with Crippen molar-refractivity contribution in [3.63, 3.8) is 0 Å². The van der Waals surface area contributed by atoms with Gasteiger partial charge in [-0.25, -0.2) is 0 Å². The summed E-state index contributed by atoms with van der Waals surface area (Å²) in [6.07, 6.45) is 3.16. The summed E-state index contributed by atoms with van der Waals surface area (Å²) in [4.78, 5) is 25.1. The van der Waals surface area contributed by atoms with Crippen LogP contribution in [0.1, 0.15) is 37.2 Å². The fourth-order valence-corrected chi connectivity index (χ4v) is 2.97. The van der Waals surface area contributed by atoms with Gasteiger partial charge < -0.3 is 10.0 Å². The number of aliphatic carboxylic acids is 1. The van der Waals surface area contributed by atoms with E-state index >= 15 is 0 Å². The molecule has 0 bridgehead atoms. The first-order chi connectivity index (χ1) is 9.16. The smallest absolute Gasteiger partial charge is 0.304 e. The Bertz CT molecular complexity index is 522. The fraction of sp³-hybridized carbons (Fsp3) is 0.467. The normalized spacial score (nSPS) is 21.9. The summed E-state index contributed by atoms with van der Waals surface area (Å²) in [6, 6.07) is 7.68. The average Bonchev–Trinajstić information content (AvgIpc) is 2.66. The lowest BCUT2D eigenvalue weighted by Crippen LogP contribution is -2.38. The highest BCUT2D eigenvalue weighted by atomic mass is 16.4. The van der Waals surface area contributed by atoms with Crippen LogP contribution in [-0.4, -0.2) is 23.5 Å². The SMILES string of the molecule is O=C(O)CC1CN(C(=O)C2CCC2)c2ccccc21. The molecular formula is C15H17NO3. The zero-order valence-corrected chi connectivity index (χ0v) is 10.7. The number of fused-ring (bicyclic) bond motifs is 1. The molecule has 0 saturated heterocycles. The van der Waals surface area contributed by atoms with Gasteiger partial charge in [-0.3, -0.25) is 9.59 Å². The predicted octanol–water partition coefficient (Wildman–Crippen LogP) is 2.39. The molecule has 19 heavy (non-hydrogen) atoms. The number of amides is 1. The maximum Gasteiger partial charge on any atom is 0.304 e. The third kappa shape index (κ3) is 2.11. The van der Waals surface area contributed by atoms with E-state index in [0.717, 1.165) is 30.5 Å². The van der Waals surface area contributed by atoms with Crippen LogP contribution >= 0.6 is 0 Å². The Hall–Kier alpha value is -1.84. The third-order valence-corrected chi connectivity index (χ3v) is 4.21. The molecule has 1 unspecified atom stereocenters. The van der Waals surface area contributed by atoms with E-state index in [9.17, 15) is 9.59 Å². The van der Waals surface area contributed by atoms with Gasteiger partial charge in [-0.1, -0.05) is 24.6 Å². The summed E-state index contributed by atoms with van der Waals surface area (Å²) >= 11 is 0. The van der Waals surface area contributed by atoms with Crippen molar-refractivity contribution in [2.45, 2.75) is 31.6 Å². The average molecular weight is 259 g/mol. The Balaban J connectivity index is 1.87. The Morgan fingerprint density at radius 2 is 2.00 bits per heavy atom. The molecule has 0 aromatic heterocycles. The highest BCUT2D eigenvalue weighted by Gasteiger charge is 2.37. The molecule has 2 aliphatic rings. The van der Waals surface area contributed by atoms with Crippen molar-refractivity contribution in [1.82, 2.24) is 0 Å². The molecule has 1 atom stereocenters. The van der Waals surface area contributed by atoms with Gasteiger partial charge in [0.1, 0.15) is 0 Å². The Kier molecular flexibility index (Phi) is 3.01. The molecule has 1 fully saturated rings. The minimum absolute atomic E-state index is 0.0715. The Morgan fingerprint density at radius 3 is 2.63 bits per heavy atom. The zero-order chi connectivity index (χ0) is 13.4. The summed E-state index contributed by atoms with van der Waals surface area (Å²) in [5.74, 6) is -0.557. The number of carbonyl (C=O) groups is 2. The molecule has 1 aliphatic heterocycles. The largest absolute Gasteiger partial charge is 0.481 e. The van der Waals surface area contributed by atoms with Crippen LogP contribution in [0.3, 0.4) is 0 Å². The number of para-hydroxylation sites is 1. The third-order valence-electron chi connectivity index (χ3n) is 4.21. The number of hydrogen-bond acceptors (Lipinski definition) is 2. The fourth-order valence-electron chi connectivity index (χ4n) is 2.97. The number of benzene rings is 1. The molecular weight excluding hydrogens is 242 g/mol. The quantitative estimate of drug-likeness (QED) is 0.906. The summed E-state index contributed by atoms with van der Waals surface area (Å²) in [5.41, 5.74) is 1.91. The molecule has 3 rings (SSSR count). The maximum absolute atomic E-state index is 12.4. The summed E-state index contributed by atoms with van der Waals surface area (Å²) < 4.78 is 0. The van der Waals surface area contributed by atoms with Crippen LogP contribution in [0.5, 0.6) is 0 Å². The summed E-state index contributed by atoms with van der Waals surface area (Å²) in [5, 5.41) is 8.99. The van der Waals surface area contributed by atoms with Crippen molar-refractivity contribution in [1.29, 1.82) is 0 Å². The van der Waals surface area contributed by atoms with Crippen molar-refractivity contribution in [3.05, 3.63) is 29.8 Å². The van der Waals surface area contributed by atoms with Crippen LogP contribution in [0.25, 0.3) is 0 Å². The highest BCUT2D eigenvalue weighted by Crippen LogP contribution is 2.40. The van der Waals surface area contributed by atoms with E-state index in [1.807, 2.05) is 24.3 Å². The monoisotopic (exact) mass is 259 g/mol. The van der Waals surface area contributed by atoms with Gasteiger partial charge in [-0.2, -0.15) is 0 Å². The zero-order valence-electron chi connectivity index (χ0n) is 10.7. The lowest BCUT2D eigenvalue weighted by Gasteiger charge is -2.29. The molecule has 1 heterocycles. The number of carboxylic acid groups (broad SMARTS) is 1. The minimum Gasteiger partial charge on any atom is -0.481 e. The van der Waals surface area contributed by atoms with E-state index in [1.165, 1.54) is 0 Å². The summed E-state index contributed by atoms with van der Waals surface area (Å²) in [6.45, 7) is 0.515. The standard InChI is InChI=1S/C15H17NO3/c17-14(18)8-11-9-16(15(19)10-4-3-5-10)13-7-2-1-6-12(11)13/h1-2,6-7,10-11H,3-5,8-9H2,(H,17,18). The molecule has 4 heteroatoms. The van der Waals surface area contributed by atoms with Crippen LogP contribution in [0.15, 0.2) is 24.3 Å². The molecule has 1 N–H and O–H groups in total. The number of hydrogen-bond donors (Lipinski definition) is 1. The van der Waals surface area contributed by atoms with E-state index in [2.05, 4.69) is 0 Å². The lowest BCUT2D eigenvalue weighted by molar-refractivity contribution is -0.137. The van der Waals surface area contributed by atoms with Crippen LogP contribution in [0.2, 0.25) is 0 Å². The predicted molar refractivity (Wildman–Crippen MR) is 71.1 cm³/mol. The Morgan fingerprint density at radius 1 is 1.26 bits per heavy atom. The molecule has 1 aliphatic carbocycles. The van der Waals surface area contributed by atoms with Gasteiger partial charge in [0.25, 0.3) is 0 Å². The van der Waals surface area contributed by atoms with E-state index in [-0.39, 0.29) is 24.2 Å². The van der Waals surface area contributed by atoms with Gasteiger partial charge >= 0.3 is 5.97 Å². The summed E-state index contributed by atoms with van der Waals surface area (Å²) in [7, 11) is 0. The second kappa shape index (κ2) is 4.68. The number of rotatable bonds is 3. The second-order valence-corrected chi connectivity index (χ2v) is 5.43. The van der Waals surface area contributed by atoms with Crippen LogP contribution < -0.4 is 4.90 Å². The van der Waals surface area contributed by atoms with Crippen LogP contribution in [0, 0.1) is 5.92 Å². The number of carbonyl (C=O) groups excluding carboxylic acids is 1. The van der Waals surface area contributed by atoms with Gasteiger partial charge in [0.05, 0.1) is 6.42 Å². The number of nitrogens with zero attached hydrogens (tertiary/aromatic N) is 1. The lowest BCUT2D eigenvalue weighted by atomic mass is 9.84. The van der Waals surface area contributed by atoms with E-state index in [4.69, 9.17) is 5.11 Å². The van der Waals surface area contributed by atoms with Crippen molar-refractivity contribution >= 4 is 17.6 Å². The van der Waals surface area contributed by atoms with Gasteiger partial charge in [0.2, 0.25) is 5.91 Å². The van der Waals surface area contributed by atoms with Gasteiger partial charge in [-0.05, 0) is 24.5 Å². The van der Waals surface area contributed by atoms with E-state index in [0.29, 0.717) is 6.54 Å². The molecule has 0 spiro atoms. The maximum atomic E-state index is 12.4. The molecule has 1 aromatic rings. The van der Waals surface area contributed by atoms with Crippen molar-refractivity contribution < 1.29 is 14.7 Å². The van der Waals surface area contributed by atoms with Crippen molar-refractivity contribution in [2.75, 3.05) is 11.4 Å². The first kappa shape index (κ1) is 12.2. The minimum atomic E-state index is -0.808. The second-order valence-electron chi connectivity index (χ2n) is 5.43. The highest BCUT2D eigenvalue weighted by molar-refractivity contribution is 5.98. The molecule has 1 amide bonds. The first-order valence-electron chi connectivity index (χ1n) is 6.79. The number of anilines is 1. The van der Waals surface area contributed by atoms with Gasteiger partial charge in [0.15, 0.2) is 0 Å². The topological polar surface area (TPSA) is 57.6 Å². The van der Waals surface area contributed by atoms with Crippen molar-refractivity contribution in [3.8, 4) is 0 Å². The molecule has 1 aromatic carbocycles. The first-order valence-corrected chi connectivity index (χ1v) is 6.79. The van der Waals surface area contributed by atoms with E-state index < -0.39 is 5.97 Å². The molecule has 0 radical (unpaired) electrons. The molecule has 1 saturated carbocycles. The Labute approximate surface area is 112 Å². The molecule has 100 valence electrons. The van der Waals surface area contributed by atoms with Gasteiger partial charge in [0, 0.05) is 24.1 Å². The van der Waals surface area contributed by atoms with Crippen molar-refractivity contribution in [2.24, 2.45) is 5.92 Å². The molecule has 4 nitrogen and oxygen atoms in total.